The molecule has 0 aliphatic carbocycles. The molecule has 19 heavy (non-hydrogen) atoms. The van der Waals surface area contributed by atoms with Gasteiger partial charge in [0.15, 0.2) is 0 Å². The summed E-state index contributed by atoms with van der Waals surface area (Å²) in [5.41, 5.74) is 0.292. The summed E-state index contributed by atoms with van der Waals surface area (Å²) < 4.78 is 31.5. The van der Waals surface area contributed by atoms with Crippen LogP contribution >= 0.6 is 22.6 Å². The van der Waals surface area contributed by atoms with E-state index in [0.29, 0.717) is 10.2 Å². The third-order valence-electron chi connectivity index (χ3n) is 2.18. The fourth-order valence-electron chi connectivity index (χ4n) is 1.27. The highest BCUT2D eigenvalue weighted by molar-refractivity contribution is 14.1. The molecule has 0 amide bonds. The van der Waals surface area contributed by atoms with E-state index < -0.39 is 16.0 Å². The van der Waals surface area contributed by atoms with Crippen LogP contribution in [0.3, 0.4) is 0 Å². The van der Waals surface area contributed by atoms with Crippen molar-refractivity contribution in [3.05, 3.63) is 27.3 Å². The first kappa shape index (κ1) is 16.2. The van der Waals surface area contributed by atoms with Crippen LogP contribution in [0.1, 0.15) is 17.3 Å². The molecule has 0 atom stereocenters. The summed E-state index contributed by atoms with van der Waals surface area (Å²) in [6, 6.07) is 4.26. The first-order valence-corrected chi connectivity index (χ1v) is 8.20. The van der Waals surface area contributed by atoms with Crippen LogP contribution in [0.5, 0.6) is 0 Å². The molecule has 0 fully saturated rings. The maximum atomic E-state index is 11.8. The van der Waals surface area contributed by atoms with Gasteiger partial charge in [-0.3, -0.25) is 4.72 Å². The van der Waals surface area contributed by atoms with Crippen LogP contribution in [0.2, 0.25) is 0 Å². The number of carboxylic acids is 1. The van der Waals surface area contributed by atoms with Crippen molar-refractivity contribution < 1.29 is 23.1 Å². The Morgan fingerprint density at radius 1 is 1.47 bits per heavy atom. The molecule has 1 rings (SSSR count). The highest BCUT2D eigenvalue weighted by Gasteiger charge is 2.14. The third-order valence-corrected chi connectivity index (χ3v) is 4.36. The Balaban J connectivity index is 2.86. The number of benzene rings is 1. The number of anilines is 1. The number of ether oxygens (including phenoxy) is 1. The summed E-state index contributed by atoms with van der Waals surface area (Å²) >= 11 is 1.93. The second-order valence-electron chi connectivity index (χ2n) is 3.62. The van der Waals surface area contributed by atoms with Gasteiger partial charge in [-0.2, -0.15) is 0 Å². The van der Waals surface area contributed by atoms with Gasteiger partial charge in [-0.05, 0) is 47.7 Å². The van der Waals surface area contributed by atoms with E-state index in [1.54, 1.807) is 13.0 Å². The molecule has 0 aliphatic heterocycles. The first-order valence-electron chi connectivity index (χ1n) is 5.47. The molecule has 0 aromatic heterocycles. The molecule has 0 heterocycles. The molecule has 8 heteroatoms. The zero-order chi connectivity index (χ0) is 14.5. The fraction of sp³-hybridized carbons (Fsp3) is 0.364. The Hall–Kier alpha value is -0.870. The summed E-state index contributed by atoms with van der Waals surface area (Å²) in [4.78, 5) is 10.8. The summed E-state index contributed by atoms with van der Waals surface area (Å²) in [6.07, 6.45) is 0. The fourth-order valence-corrected chi connectivity index (χ4v) is 2.86. The van der Waals surface area contributed by atoms with Crippen molar-refractivity contribution in [1.29, 1.82) is 0 Å². The minimum atomic E-state index is -3.54. The van der Waals surface area contributed by atoms with Crippen molar-refractivity contribution in [2.24, 2.45) is 0 Å². The number of hydrogen-bond donors (Lipinski definition) is 2. The molecular formula is C11H14INO5S. The van der Waals surface area contributed by atoms with Crippen molar-refractivity contribution >= 4 is 44.3 Å². The van der Waals surface area contributed by atoms with Crippen LogP contribution in [0.4, 0.5) is 5.69 Å². The quantitative estimate of drug-likeness (QED) is 0.539. The van der Waals surface area contributed by atoms with E-state index in [9.17, 15) is 13.2 Å². The lowest BCUT2D eigenvalue weighted by atomic mass is 10.2. The van der Waals surface area contributed by atoms with E-state index in [4.69, 9.17) is 9.84 Å². The number of carbonyl (C=O) groups is 1. The number of hydrogen-bond acceptors (Lipinski definition) is 4. The smallest absolute Gasteiger partial charge is 0.335 e. The molecule has 0 bridgehead atoms. The van der Waals surface area contributed by atoms with Gasteiger partial charge in [0.2, 0.25) is 10.0 Å². The van der Waals surface area contributed by atoms with Crippen LogP contribution in [0.25, 0.3) is 0 Å². The summed E-state index contributed by atoms with van der Waals surface area (Å²) in [6.45, 7) is 2.32. The average molecular weight is 399 g/mol. The molecule has 2 N–H and O–H groups in total. The third kappa shape index (κ3) is 5.33. The minimum Gasteiger partial charge on any atom is -0.478 e. The highest BCUT2D eigenvalue weighted by atomic mass is 127. The molecule has 0 saturated carbocycles. The van der Waals surface area contributed by atoms with E-state index in [-0.39, 0.29) is 23.6 Å². The SMILES string of the molecule is CCOCCS(=O)(=O)Nc1cc(C(=O)O)ccc1I. The Labute approximate surface area is 125 Å². The standard InChI is InChI=1S/C11H14INO5S/c1-2-18-5-6-19(16,17)13-10-7-8(11(14)15)3-4-9(10)12/h3-4,7,13H,2,5-6H2,1H3,(H,14,15). The molecule has 0 saturated heterocycles. The lowest BCUT2D eigenvalue weighted by Gasteiger charge is -2.10. The molecule has 0 radical (unpaired) electrons. The molecule has 106 valence electrons. The second kappa shape index (κ2) is 7.06. The topological polar surface area (TPSA) is 92.7 Å². The predicted molar refractivity (Wildman–Crippen MR) is 80.0 cm³/mol. The van der Waals surface area contributed by atoms with E-state index in [0.717, 1.165) is 0 Å². The summed E-state index contributed by atoms with van der Waals surface area (Å²) in [7, 11) is -3.54. The van der Waals surface area contributed by atoms with Gasteiger partial charge in [0.25, 0.3) is 0 Å². The van der Waals surface area contributed by atoms with Crippen molar-refractivity contribution in [1.82, 2.24) is 0 Å². The van der Waals surface area contributed by atoms with Gasteiger partial charge in [-0.15, -0.1) is 0 Å². The number of halogens is 1. The van der Waals surface area contributed by atoms with Crippen molar-refractivity contribution in [2.45, 2.75) is 6.92 Å². The zero-order valence-electron chi connectivity index (χ0n) is 10.2. The summed E-state index contributed by atoms with van der Waals surface area (Å²) in [5.74, 6) is -1.28. The van der Waals surface area contributed by atoms with E-state index in [1.165, 1.54) is 12.1 Å². The maximum Gasteiger partial charge on any atom is 0.335 e. The van der Waals surface area contributed by atoms with Crippen LogP contribution in [0, 0.1) is 3.57 Å². The Morgan fingerprint density at radius 2 is 2.16 bits per heavy atom. The lowest BCUT2D eigenvalue weighted by molar-refractivity contribution is 0.0697. The van der Waals surface area contributed by atoms with Crippen LogP contribution in [-0.2, 0) is 14.8 Å². The van der Waals surface area contributed by atoms with Gasteiger partial charge >= 0.3 is 5.97 Å². The normalized spacial score (nSPS) is 11.3. The minimum absolute atomic E-state index is 0.0305. The highest BCUT2D eigenvalue weighted by Crippen LogP contribution is 2.21. The van der Waals surface area contributed by atoms with E-state index in [2.05, 4.69) is 4.72 Å². The number of carboxylic acid groups (broad SMARTS) is 1. The van der Waals surface area contributed by atoms with Gasteiger partial charge in [-0.25, -0.2) is 13.2 Å². The van der Waals surface area contributed by atoms with Gasteiger partial charge < -0.3 is 9.84 Å². The number of sulfonamides is 1. The maximum absolute atomic E-state index is 11.8. The van der Waals surface area contributed by atoms with E-state index in [1.807, 2.05) is 22.6 Å². The second-order valence-corrected chi connectivity index (χ2v) is 6.62. The van der Waals surface area contributed by atoms with Gasteiger partial charge in [-0.1, -0.05) is 0 Å². The largest absolute Gasteiger partial charge is 0.478 e. The molecule has 0 unspecified atom stereocenters. The average Bonchev–Trinajstić information content (AvgIpc) is 2.31. The zero-order valence-corrected chi connectivity index (χ0v) is 13.2. The number of nitrogens with one attached hydrogen (secondary N) is 1. The number of aromatic carboxylic acids is 1. The van der Waals surface area contributed by atoms with E-state index >= 15 is 0 Å². The lowest BCUT2D eigenvalue weighted by Crippen LogP contribution is -2.21. The van der Waals surface area contributed by atoms with Gasteiger partial charge in [0.05, 0.1) is 23.6 Å². The molecule has 0 spiro atoms. The molecule has 1 aromatic rings. The van der Waals surface area contributed by atoms with Gasteiger partial charge in [0.1, 0.15) is 0 Å². The summed E-state index contributed by atoms with van der Waals surface area (Å²) in [5, 5.41) is 8.87. The molecule has 1 aromatic carbocycles. The van der Waals surface area contributed by atoms with Crippen LogP contribution in [0.15, 0.2) is 18.2 Å². The number of rotatable bonds is 7. The molecular weight excluding hydrogens is 385 g/mol. The Bertz CT molecular complexity index is 558. The van der Waals surface area contributed by atoms with Crippen molar-refractivity contribution in [2.75, 3.05) is 23.7 Å². The molecule has 0 aliphatic rings. The monoisotopic (exact) mass is 399 g/mol. The van der Waals surface area contributed by atoms with Crippen molar-refractivity contribution in [3.63, 3.8) is 0 Å². The Morgan fingerprint density at radius 3 is 2.74 bits per heavy atom. The van der Waals surface area contributed by atoms with Crippen molar-refractivity contribution in [3.8, 4) is 0 Å². The van der Waals surface area contributed by atoms with Crippen LogP contribution in [-0.4, -0.2) is 38.5 Å². The van der Waals surface area contributed by atoms with Gasteiger partial charge in [0, 0.05) is 10.2 Å². The predicted octanol–water partition coefficient (Wildman–Crippen LogP) is 1.77. The first-order chi connectivity index (χ1) is 8.85. The molecule has 6 nitrogen and oxygen atoms in total. The van der Waals surface area contributed by atoms with Crippen LogP contribution < -0.4 is 4.72 Å². The Kier molecular flexibility index (Phi) is 6.01.